The van der Waals surface area contributed by atoms with Crippen LogP contribution in [0, 0.1) is 6.92 Å². The number of ether oxygens (including phenoxy) is 1. The van der Waals surface area contributed by atoms with E-state index in [1.165, 1.54) is 4.90 Å². The zero-order valence-corrected chi connectivity index (χ0v) is 13.8. The lowest BCUT2D eigenvalue weighted by molar-refractivity contribution is -0.137. The fourth-order valence-electron chi connectivity index (χ4n) is 2.02. The van der Waals surface area contributed by atoms with Crippen LogP contribution >= 0.6 is 11.3 Å². The zero-order valence-electron chi connectivity index (χ0n) is 13.0. The van der Waals surface area contributed by atoms with Gasteiger partial charge in [-0.15, -0.1) is 11.3 Å². The summed E-state index contributed by atoms with van der Waals surface area (Å²) in [6.07, 6.45) is 0. The number of likely N-dealkylation sites (N-methyl/N-ethyl adjacent to an activating group) is 1. The molecule has 1 N–H and O–H groups in total. The Bertz CT molecular complexity index is 699. The predicted octanol–water partition coefficient (Wildman–Crippen LogP) is 2.58. The quantitative estimate of drug-likeness (QED) is 0.842. The Kier molecular flexibility index (Phi) is 5.70. The second-order valence-corrected chi connectivity index (χ2v) is 5.95. The molecule has 0 radical (unpaired) electrons. The van der Waals surface area contributed by atoms with Crippen molar-refractivity contribution in [1.29, 1.82) is 0 Å². The number of amides is 1. The molecule has 0 unspecified atom stereocenters. The van der Waals surface area contributed by atoms with Gasteiger partial charge in [0.15, 0.2) is 0 Å². The summed E-state index contributed by atoms with van der Waals surface area (Å²) in [6, 6.07) is 6.73. The lowest BCUT2D eigenvalue weighted by atomic mass is 10.2. The third-order valence-corrected chi connectivity index (χ3v) is 3.95. The number of carboxylic acid groups (broad SMARTS) is 1. The van der Waals surface area contributed by atoms with Crippen molar-refractivity contribution in [3.63, 3.8) is 0 Å². The average Bonchev–Trinajstić information content (AvgIpc) is 2.95. The molecule has 1 aromatic carbocycles. The Labute approximate surface area is 138 Å². The van der Waals surface area contributed by atoms with Gasteiger partial charge in [0.2, 0.25) is 0 Å². The maximum Gasteiger partial charge on any atom is 0.323 e. The molecule has 23 heavy (non-hydrogen) atoms. The van der Waals surface area contributed by atoms with Crippen LogP contribution in [0.4, 0.5) is 0 Å². The summed E-state index contributed by atoms with van der Waals surface area (Å²) in [5.74, 6) is -0.816. The maximum absolute atomic E-state index is 12.3. The Morgan fingerprint density at radius 1 is 1.39 bits per heavy atom. The van der Waals surface area contributed by atoms with Gasteiger partial charge in [-0.3, -0.25) is 9.59 Å². The van der Waals surface area contributed by atoms with Gasteiger partial charge in [-0.1, -0.05) is 6.07 Å². The van der Waals surface area contributed by atoms with Crippen molar-refractivity contribution >= 4 is 23.2 Å². The number of carbonyl (C=O) groups is 2. The number of aryl methyl sites for hydroxylation is 1. The first kappa shape index (κ1) is 17.0. The van der Waals surface area contributed by atoms with Gasteiger partial charge in [-0.2, -0.15) is 0 Å². The maximum atomic E-state index is 12.3. The van der Waals surface area contributed by atoms with Crippen LogP contribution in [0.1, 0.15) is 28.0 Å². The van der Waals surface area contributed by atoms with Crippen LogP contribution in [0.3, 0.4) is 0 Å². The van der Waals surface area contributed by atoms with Gasteiger partial charge < -0.3 is 14.7 Å². The standard InChI is InChI=1S/C16H18N2O4S/c1-3-18(8-15(19)20)16(21)12-5-4-6-14(7-12)22-9-13-10-23-11(2)17-13/h4-7,10H,3,8-9H2,1-2H3,(H,19,20). The Morgan fingerprint density at radius 2 is 2.17 bits per heavy atom. The highest BCUT2D eigenvalue weighted by Gasteiger charge is 2.17. The summed E-state index contributed by atoms with van der Waals surface area (Å²) in [4.78, 5) is 28.7. The van der Waals surface area contributed by atoms with Crippen LogP contribution in [0.25, 0.3) is 0 Å². The van der Waals surface area contributed by atoms with E-state index >= 15 is 0 Å². The molecule has 6 nitrogen and oxygen atoms in total. The molecule has 0 aliphatic rings. The van der Waals surface area contributed by atoms with Crippen molar-refractivity contribution in [1.82, 2.24) is 9.88 Å². The third kappa shape index (κ3) is 4.79. The molecule has 2 rings (SSSR count). The number of hydrogen-bond donors (Lipinski definition) is 1. The van der Waals surface area contributed by atoms with Crippen LogP contribution < -0.4 is 4.74 Å². The van der Waals surface area contributed by atoms with E-state index in [0.29, 0.717) is 24.5 Å². The van der Waals surface area contributed by atoms with Crippen LogP contribution in [0.2, 0.25) is 0 Å². The van der Waals surface area contributed by atoms with Gasteiger partial charge in [0.05, 0.1) is 10.7 Å². The van der Waals surface area contributed by atoms with E-state index < -0.39 is 5.97 Å². The largest absolute Gasteiger partial charge is 0.487 e. The van der Waals surface area contributed by atoms with Crippen molar-refractivity contribution in [2.45, 2.75) is 20.5 Å². The van der Waals surface area contributed by atoms with Gasteiger partial charge in [0.1, 0.15) is 18.9 Å². The normalized spacial score (nSPS) is 10.3. The van der Waals surface area contributed by atoms with Crippen molar-refractivity contribution in [3.8, 4) is 5.75 Å². The zero-order chi connectivity index (χ0) is 16.8. The van der Waals surface area contributed by atoms with Crippen LogP contribution in [-0.4, -0.2) is 40.0 Å². The van der Waals surface area contributed by atoms with Crippen molar-refractivity contribution < 1.29 is 19.4 Å². The second-order valence-electron chi connectivity index (χ2n) is 4.89. The number of benzene rings is 1. The highest BCUT2D eigenvalue weighted by atomic mass is 32.1. The highest BCUT2D eigenvalue weighted by molar-refractivity contribution is 7.09. The topological polar surface area (TPSA) is 79.7 Å². The van der Waals surface area contributed by atoms with Crippen molar-refractivity contribution in [3.05, 3.63) is 45.9 Å². The van der Waals surface area contributed by atoms with Gasteiger partial charge in [0.25, 0.3) is 5.91 Å². The minimum atomic E-state index is -1.04. The number of aliphatic carboxylic acids is 1. The van der Waals surface area contributed by atoms with Crippen LogP contribution in [-0.2, 0) is 11.4 Å². The van der Waals surface area contributed by atoms with Gasteiger partial charge in [0, 0.05) is 17.5 Å². The molecule has 0 atom stereocenters. The molecular weight excluding hydrogens is 316 g/mol. The lowest BCUT2D eigenvalue weighted by Gasteiger charge is -2.18. The molecule has 122 valence electrons. The number of hydrogen-bond acceptors (Lipinski definition) is 5. The van der Waals surface area contributed by atoms with E-state index in [2.05, 4.69) is 4.98 Å². The fourth-order valence-corrected chi connectivity index (χ4v) is 2.62. The van der Waals surface area contributed by atoms with E-state index in [1.54, 1.807) is 42.5 Å². The Morgan fingerprint density at radius 3 is 2.78 bits per heavy atom. The number of aromatic nitrogens is 1. The van der Waals surface area contributed by atoms with E-state index in [0.717, 1.165) is 10.7 Å². The predicted molar refractivity (Wildman–Crippen MR) is 86.8 cm³/mol. The first-order valence-corrected chi connectivity index (χ1v) is 8.02. The van der Waals surface area contributed by atoms with Crippen molar-refractivity contribution in [2.75, 3.05) is 13.1 Å². The minimum absolute atomic E-state index is 0.321. The number of nitrogens with zero attached hydrogens (tertiary/aromatic N) is 2. The fraction of sp³-hybridized carbons (Fsp3) is 0.312. The molecule has 1 amide bonds. The number of rotatable bonds is 7. The number of carboxylic acids is 1. The van der Waals surface area contributed by atoms with Crippen molar-refractivity contribution in [2.24, 2.45) is 0 Å². The molecule has 0 saturated carbocycles. The van der Waals surface area contributed by atoms with Gasteiger partial charge in [-0.25, -0.2) is 4.98 Å². The summed E-state index contributed by atoms with van der Waals surface area (Å²) in [7, 11) is 0. The molecule has 1 aromatic heterocycles. The molecule has 2 aromatic rings. The molecule has 1 heterocycles. The van der Waals surface area contributed by atoms with Gasteiger partial charge in [-0.05, 0) is 32.0 Å². The molecule has 0 aliphatic carbocycles. The SMILES string of the molecule is CCN(CC(=O)O)C(=O)c1cccc(OCc2csc(C)n2)c1. The summed E-state index contributed by atoms with van der Waals surface area (Å²) in [6.45, 7) is 4.00. The van der Waals surface area contributed by atoms with Gasteiger partial charge >= 0.3 is 5.97 Å². The summed E-state index contributed by atoms with van der Waals surface area (Å²) in [5, 5.41) is 11.8. The second kappa shape index (κ2) is 7.73. The third-order valence-electron chi connectivity index (χ3n) is 3.13. The minimum Gasteiger partial charge on any atom is -0.487 e. The van der Waals surface area contributed by atoms with E-state index in [-0.39, 0.29) is 12.5 Å². The monoisotopic (exact) mass is 334 g/mol. The Hall–Kier alpha value is -2.41. The lowest BCUT2D eigenvalue weighted by Crippen LogP contribution is -2.35. The van der Waals surface area contributed by atoms with E-state index in [4.69, 9.17) is 9.84 Å². The smallest absolute Gasteiger partial charge is 0.323 e. The van der Waals surface area contributed by atoms with E-state index in [9.17, 15) is 9.59 Å². The molecule has 0 aliphatic heterocycles. The van der Waals surface area contributed by atoms with E-state index in [1.807, 2.05) is 12.3 Å². The molecule has 0 bridgehead atoms. The summed E-state index contributed by atoms with van der Waals surface area (Å²) >= 11 is 1.55. The molecule has 7 heteroatoms. The summed E-state index contributed by atoms with van der Waals surface area (Å²) in [5.41, 5.74) is 1.24. The molecule has 0 saturated heterocycles. The molecular formula is C16H18N2O4S. The average molecular weight is 334 g/mol. The first-order chi connectivity index (χ1) is 11.0. The number of carbonyl (C=O) groups excluding carboxylic acids is 1. The highest BCUT2D eigenvalue weighted by Crippen LogP contribution is 2.17. The Balaban J connectivity index is 2.06. The van der Waals surface area contributed by atoms with Crippen LogP contribution in [0.5, 0.6) is 5.75 Å². The van der Waals surface area contributed by atoms with Crippen LogP contribution in [0.15, 0.2) is 29.6 Å². The summed E-state index contributed by atoms with van der Waals surface area (Å²) < 4.78 is 5.65. The number of thiazole rings is 1. The molecule has 0 spiro atoms. The first-order valence-electron chi connectivity index (χ1n) is 7.14. The molecule has 0 fully saturated rings.